The Hall–Kier alpha value is -3.39. The van der Waals surface area contributed by atoms with Crippen molar-refractivity contribution in [2.45, 2.75) is 32.2 Å². The van der Waals surface area contributed by atoms with Crippen molar-refractivity contribution in [3.05, 3.63) is 54.4 Å². The van der Waals surface area contributed by atoms with Crippen molar-refractivity contribution in [3.63, 3.8) is 0 Å². The van der Waals surface area contributed by atoms with Crippen molar-refractivity contribution < 1.29 is 13.9 Å². The number of carbonyl (C=O) groups is 1. The van der Waals surface area contributed by atoms with Gasteiger partial charge in [-0.1, -0.05) is 6.92 Å². The lowest BCUT2D eigenvalue weighted by molar-refractivity contribution is 0.102. The van der Waals surface area contributed by atoms with Gasteiger partial charge in [-0.3, -0.25) is 9.78 Å². The quantitative estimate of drug-likeness (QED) is 0.644. The van der Waals surface area contributed by atoms with Gasteiger partial charge in [-0.2, -0.15) is 0 Å². The zero-order valence-corrected chi connectivity index (χ0v) is 18.1. The highest BCUT2D eigenvalue weighted by Crippen LogP contribution is 2.32. The minimum Gasteiger partial charge on any atom is -0.501 e. The number of nitrogens with one attached hydrogen (secondary N) is 1. The van der Waals surface area contributed by atoms with Gasteiger partial charge in [0.2, 0.25) is 0 Å². The van der Waals surface area contributed by atoms with E-state index in [2.05, 4.69) is 27.1 Å². The SMILES string of the molecule is CC1CC(N)CN(c2ccncc2NC(=O)c2ccc3occ(C4=COCCC4)c3n2)C1. The van der Waals surface area contributed by atoms with E-state index in [1.54, 1.807) is 37.1 Å². The molecule has 1 fully saturated rings. The molecule has 2 atom stereocenters. The van der Waals surface area contributed by atoms with E-state index >= 15 is 0 Å². The molecule has 8 heteroatoms. The van der Waals surface area contributed by atoms with Crippen molar-refractivity contribution in [3.8, 4) is 0 Å². The number of nitrogens with zero attached hydrogens (tertiary/aromatic N) is 3. The van der Waals surface area contributed by atoms with E-state index in [1.165, 1.54) is 0 Å². The van der Waals surface area contributed by atoms with Crippen molar-refractivity contribution in [2.75, 3.05) is 29.9 Å². The Labute approximate surface area is 186 Å². The predicted octanol–water partition coefficient (Wildman–Crippen LogP) is 3.80. The Morgan fingerprint density at radius 1 is 1.28 bits per heavy atom. The average molecular weight is 434 g/mol. The highest BCUT2D eigenvalue weighted by atomic mass is 16.5. The van der Waals surface area contributed by atoms with Gasteiger partial charge >= 0.3 is 0 Å². The molecule has 32 heavy (non-hydrogen) atoms. The molecular formula is C24H27N5O3. The number of allylic oxidation sites excluding steroid dienone is 1. The van der Waals surface area contributed by atoms with E-state index in [0.29, 0.717) is 35.0 Å². The lowest BCUT2D eigenvalue weighted by atomic mass is 9.96. The molecule has 3 aromatic heterocycles. The molecule has 2 unspecified atom stereocenters. The second-order valence-electron chi connectivity index (χ2n) is 8.66. The van der Waals surface area contributed by atoms with E-state index < -0.39 is 0 Å². The Morgan fingerprint density at radius 2 is 2.19 bits per heavy atom. The molecule has 0 bridgehead atoms. The largest absolute Gasteiger partial charge is 0.501 e. The fourth-order valence-electron chi connectivity index (χ4n) is 4.57. The number of hydrogen-bond donors (Lipinski definition) is 2. The van der Waals surface area contributed by atoms with Gasteiger partial charge < -0.3 is 25.1 Å². The summed E-state index contributed by atoms with van der Waals surface area (Å²) in [4.78, 5) is 24.2. The Bertz CT molecular complexity index is 1160. The second-order valence-corrected chi connectivity index (χ2v) is 8.66. The lowest BCUT2D eigenvalue weighted by Crippen LogP contribution is -2.46. The van der Waals surface area contributed by atoms with Gasteiger partial charge in [0, 0.05) is 30.9 Å². The summed E-state index contributed by atoms with van der Waals surface area (Å²) in [6.07, 6.45) is 9.68. The van der Waals surface area contributed by atoms with Crippen molar-refractivity contribution in [1.29, 1.82) is 0 Å². The van der Waals surface area contributed by atoms with Crippen LogP contribution < -0.4 is 16.0 Å². The number of piperidine rings is 1. The molecule has 166 valence electrons. The molecule has 8 nitrogen and oxygen atoms in total. The van der Waals surface area contributed by atoms with Crippen LogP contribution in [0.25, 0.3) is 16.7 Å². The molecule has 1 amide bonds. The summed E-state index contributed by atoms with van der Waals surface area (Å²) in [5.41, 5.74) is 11.3. The number of carbonyl (C=O) groups excluding carboxylic acids is 1. The van der Waals surface area contributed by atoms with Crippen LogP contribution in [0.1, 0.15) is 42.2 Å². The third-order valence-corrected chi connectivity index (χ3v) is 6.01. The molecule has 5 rings (SSSR count). The summed E-state index contributed by atoms with van der Waals surface area (Å²) in [6, 6.07) is 5.48. The number of ether oxygens (including phenoxy) is 1. The van der Waals surface area contributed by atoms with Crippen molar-refractivity contribution in [1.82, 2.24) is 9.97 Å². The van der Waals surface area contributed by atoms with Gasteiger partial charge in [0.15, 0.2) is 5.58 Å². The molecule has 0 spiro atoms. The van der Waals surface area contributed by atoms with Crippen LogP contribution in [0.2, 0.25) is 0 Å². The highest BCUT2D eigenvalue weighted by Gasteiger charge is 2.25. The highest BCUT2D eigenvalue weighted by molar-refractivity contribution is 6.06. The van der Waals surface area contributed by atoms with Crippen LogP contribution in [0.3, 0.4) is 0 Å². The predicted molar refractivity (Wildman–Crippen MR) is 123 cm³/mol. The van der Waals surface area contributed by atoms with Gasteiger partial charge in [0.25, 0.3) is 5.91 Å². The molecule has 2 aliphatic heterocycles. The molecule has 0 saturated carbocycles. The number of pyridine rings is 2. The van der Waals surface area contributed by atoms with Crippen LogP contribution in [-0.4, -0.2) is 41.6 Å². The first-order valence-electron chi connectivity index (χ1n) is 11.0. The van der Waals surface area contributed by atoms with Crippen LogP contribution in [0, 0.1) is 5.92 Å². The number of fused-ring (bicyclic) bond motifs is 1. The normalized spacial score (nSPS) is 21.2. The van der Waals surface area contributed by atoms with Gasteiger partial charge in [0.05, 0.1) is 30.4 Å². The van der Waals surface area contributed by atoms with E-state index in [-0.39, 0.29) is 11.9 Å². The fourth-order valence-corrected chi connectivity index (χ4v) is 4.57. The monoisotopic (exact) mass is 433 g/mol. The lowest BCUT2D eigenvalue weighted by Gasteiger charge is -2.37. The molecule has 3 N–H and O–H groups in total. The standard InChI is InChI=1S/C24H27N5O3/c1-15-9-17(25)12-29(11-15)21-6-7-26-10-20(21)28-24(30)19-4-5-22-23(27-19)18(14-32-22)16-3-2-8-31-13-16/h4-7,10,13-15,17H,2-3,8-9,11-12,25H2,1H3,(H,28,30). The van der Waals surface area contributed by atoms with Gasteiger partial charge in [-0.25, -0.2) is 4.98 Å². The molecule has 2 aliphatic rings. The fraction of sp³-hybridized carbons (Fsp3) is 0.375. The first-order valence-corrected chi connectivity index (χ1v) is 11.0. The summed E-state index contributed by atoms with van der Waals surface area (Å²) >= 11 is 0. The zero-order chi connectivity index (χ0) is 22.1. The Morgan fingerprint density at radius 3 is 3.00 bits per heavy atom. The molecular weight excluding hydrogens is 406 g/mol. The number of amides is 1. The summed E-state index contributed by atoms with van der Waals surface area (Å²) in [5.74, 6) is 0.189. The molecule has 3 aromatic rings. The van der Waals surface area contributed by atoms with E-state index in [9.17, 15) is 4.79 Å². The first-order chi connectivity index (χ1) is 15.6. The van der Waals surface area contributed by atoms with Gasteiger partial charge in [0.1, 0.15) is 17.5 Å². The minimum atomic E-state index is -0.295. The number of hydrogen-bond acceptors (Lipinski definition) is 7. The third-order valence-electron chi connectivity index (χ3n) is 6.01. The second kappa shape index (κ2) is 8.63. The van der Waals surface area contributed by atoms with Gasteiger partial charge in [-0.05, 0) is 49.0 Å². The smallest absolute Gasteiger partial charge is 0.274 e. The maximum absolute atomic E-state index is 13.1. The number of rotatable bonds is 4. The molecule has 0 radical (unpaired) electrons. The maximum Gasteiger partial charge on any atom is 0.274 e. The van der Waals surface area contributed by atoms with E-state index in [1.807, 2.05) is 6.07 Å². The van der Waals surface area contributed by atoms with Crippen LogP contribution >= 0.6 is 0 Å². The summed E-state index contributed by atoms with van der Waals surface area (Å²) in [5, 5.41) is 2.99. The molecule has 1 saturated heterocycles. The number of nitrogens with two attached hydrogens (primary N) is 1. The zero-order valence-electron chi connectivity index (χ0n) is 18.1. The van der Waals surface area contributed by atoms with Crippen LogP contribution in [-0.2, 0) is 4.74 Å². The van der Waals surface area contributed by atoms with E-state index in [4.69, 9.17) is 14.9 Å². The van der Waals surface area contributed by atoms with E-state index in [0.717, 1.165) is 49.2 Å². The van der Waals surface area contributed by atoms with Crippen molar-refractivity contribution >= 4 is 34.0 Å². The van der Waals surface area contributed by atoms with Crippen molar-refractivity contribution in [2.24, 2.45) is 11.7 Å². The number of aromatic nitrogens is 2. The molecule has 0 aromatic carbocycles. The van der Waals surface area contributed by atoms with Crippen LogP contribution in [0.15, 0.2) is 47.5 Å². The number of anilines is 2. The van der Waals surface area contributed by atoms with Crippen LogP contribution in [0.5, 0.6) is 0 Å². The summed E-state index contributed by atoms with van der Waals surface area (Å²) in [6.45, 7) is 4.55. The number of furan rings is 1. The topological polar surface area (TPSA) is 107 Å². The first kappa shape index (κ1) is 20.5. The summed E-state index contributed by atoms with van der Waals surface area (Å²) in [7, 11) is 0. The van der Waals surface area contributed by atoms with Crippen LogP contribution in [0.4, 0.5) is 11.4 Å². The Kier molecular flexibility index (Phi) is 5.53. The third kappa shape index (κ3) is 4.05. The molecule has 0 aliphatic carbocycles. The van der Waals surface area contributed by atoms with Gasteiger partial charge in [-0.15, -0.1) is 0 Å². The minimum absolute atomic E-state index is 0.108. The Balaban J connectivity index is 1.42. The average Bonchev–Trinajstić information content (AvgIpc) is 3.22. The summed E-state index contributed by atoms with van der Waals surface area (Å²) < 4.78 is 11.1. The molecule has 5 heterocycles. The maximum atomic E-state index is 13.1.